The van der Waals surface area contributed by atoms with Gasteiger partial charge in [0.05, 0.1) is 6.61 Å². The van der Waals surface area contributed by atoms with Gasteiger partial charge in [-0.15, -0.1) is 0 Å². The third kappa shape index (κ3) is 3.25. The van der Waals surface area contributed by atoms with Crippen LogP contribution in [0.25, 0.3) is 0 Å². The first-order valence-corrected chi connectivity index (χ1v) is 5.85. The van der Waals surface area contributed by atoms with Crippen LogP contribution in [0, 0.1) is 12.7 Å². The van der Waals surface area contributed by atoms with Gasteiger partial charge in [0.2, 0.25) is 0 Å². The molecule has 1 fully saturated rings. The third-order valence-corrected chi connectivity index (χ3v) is 3.16. The van der Waals surface area contributed by atoms with E-state index >= 15 is 0 Å². The van der Waals surface area contributed by atoms with E-state index in [2.05, 4.69) is 5.32 Å². The summed E-state index contributed by atoms with van der Waals surface area (Å²) in [5.74, 6) is -0.227. The van der Waals surface area contributed by atoms with E-state index in [4.69, 9.17) is 4.74 Å². The van der Waals surface area contributed by atoms with Gasteiger partial charge < -0.3 is 15.2 Å². The van der Waals surface area contributed by atoms with E-state index in [0.717, 1.165) is 11.1 Å². The number of nitrogens with one attached hydrogen (secondary N) is 1. The molecule has 0 aliphatic carbocycles. The molecule has 4 heteroatoms. The predicted molar refractivity (Wildman–Crippen MR) is 63.2 cm³/mol. The molecule has 1 aliphatic heterocycles. The summed E-state index contributed by atoms with van der Waals surface area (Å²) >= 11 is 0. The fourth-order valence-corrected chi connectivity index (χ4v) is 2.00. The van der Waals surface area contributed by atoms with E-state index in [1.807, 2.05) is 6.92 Å². The van der Waals surface area contributed by atoms with Crippen LogP contribution in [0.15, 0.2) is 18.2 Å². The maximum Gasteiger partial charge on any atom is 0.123 e. The Kier molecular flexibility index (Phi) is 3.76. The molecule has 1 aliphatic rings. The quantitative estimate of drug-likeness (QED) is 0.834. The Labute approximate surface area is 101 Å². The fourth-order valence-electron chi connectivity index (χ4n) is 2.00. The summed E-state index contributed by atoms with van der Waals surface area (Å²) in [4.78, 5) is 0. The molecule has 2 N–H and O–H groups in total. The van der Waals surface area contributed by atoms with Crippen molar-refractivity contribution < 1.29 is 14.2 Å². The molecule has 0 bridgehead atoms. The fraction of sp³-hybridized carbons (Fsp3) is 0.538. The lowest BCUT2D eigenvalue weighted by Crippen LogP contribution is -2.40. The molecule has 3 nitrogen and oxygen atoms in total. The van der Waals surface area contributed by atoms with Crippen LogP contribution < -0.4 is 5.32 Å². The van der Waals surface area contributed by atoms with Gasteiger partial charge >= 0.3 is 0 Å². The van der Waals surface area contributed by atoms with Crippen molar-refractivity contribution in [3.8, 4) is 0 Å². The van der Waals surface area contributed by atoms with Gasteiger partial charge in [0.15, 0.2) is 0 Å². The topological polar surface area (TPSA) is 41.5 Å². The molecule has 0 saturated carbocycles. The van der Waals surface area contributed by atoms with Crippen LogP contribution >= 0.6 is 0 Å². The van der Waals surface area contributed by atoms with E-state index in [0.29, 0.717) is 32.7 Å². The van der Waals surface area contributed by atoms with E-state index in [1.54, 1.807) is 6.07 Å². The lowest BCUT2D eigenvalue weighted by atomic mass is 10.0. The van der Waals surface area contributed by atoms with Gasteiger partial charge in [0.25, 0.3) is 0 Å². The van der Waals surface area contributed by atoms with Crippen molar-refractivity contribution in [3.05, 3.63) is 35.1 Å². The molecule has 17 heavy (non-hydrogen) atoms. The van der Waals surface area contributed by atoms with Gasteiger partial charge in [0, 0.05) is 26.1 Å². The van der Waals surface area contributed by atoms with Crippen LogP contribution in [-0.2, 0) is 11.3 Å². The monoisotopic (exact) mass is 239 g/mol. The first kappa shape index (κ1) is 12.5. The summed E-state index contributed by atoms with van der Waals surface area (Å²) < 4.78 is 18.2. The Morgan fingerprint density at radius 3 is 3.06 bits per heavy atom. The Balaban J connectivity index is 1.87. The predicted octanol–water partition coefficient (Wildman–Crippen LogP) is 1.38. The molecule has 0 unspecified atom stereocenters. The number of aryl methyl sites for hydroxylation is 1. The molecular formula is C13H18FNO2. The summed E-state index contributed by atoms with van der Waals surface area (Å²) in [6.45, 7) is 3.97. The standard InChI is InChI=1S/C13H18FNO2/c1-10-2-3-12(14)6-11(10)7-15-8-13(16)4-5-17-9-13/h2-3,6,15-16H,4-5,7-9H2,1H3/t13-/m1/s1. The molecule has 0 amide bonds. The zero-order valence-corrected chi connectivity index (χ0v) is 10.0. The van der Waals surface area contributed by atoms with Crippen molar-refractivity contribution in [1.29, 1.82) is 0 Å². The molecule has 94 valence electrons. The highest BCUT2D eigenvalue weighted by molar-refractivity contribution is 5.26. The normalized spacial score (nSPS) is 24.2. The molecular weight excluding hydrogens is 221 g/mol. The minimum atomic E-state index is -0.763. The number of aliphatic hydroxyl groups is 1. The first-order chi connectivity index (χ1) is 8.09. The third-order valence-electron chi connectivity index (χ3n) is 3.16. The van der Waals surface area contributed by atoms with E-state index in [9.17, 15) is 9.50 Å². The van der Waals surface area contributed by atoms with E-state index < -0.39 is 5.60 Å². The summed E-state index contributed by atoms with van der Waals surface area (Å²) in [6.07, 6.45) is 0.655. The van der Waals surface area contributed by atoms with Crippen molar-refractivity contribution in [1.82, 2.24) is 5.32 Å². The maximum absolute atomic E-state index is 13.1. The number of hydrogen-bond donors (Lipinski definition) is 2. The smallest absolute Gasteiger partial charge is 0.123 e. The van der Waals surface area contributed by atoms with Crippen LogP contribution in [0.3, 0.4) is 0 Å². The van der Waals surface area contributed by atoms with Gasteiger partial charge in [-0.2, -0.15) is 0 Å². The Bertz CT molecular complexity index is 389. The number of ether oxygens (including phenoxy) is 1. The lowest BCUT2D eigenvalue weighted by molar-refractivity contribution is 0.0268. The molecule has 2 rings (SSSR count). The molecule has 1 atom stereocenters. The van der Waals surface area contributed by atoms with Crippen molar-refractivity contribution in [2.24, 2.45) is 0 Å². The summed E-state index contributed by atoms with van der Waals surface area (Å²) in [5.41, 5.74) is 1.21. The zero-order valence-electron chi connectivity index (χ0n) is 10.0. The summed E-state index contributed by atoms with van der Waals surface area (Å²) in [7, 11) is 0. The maximum atomic E-state index is 13.1. The van der Waals surface area contributed by atoms with Gasteiger partial charge in [-0.25, -0.2) is 4.39 Å². The Morgan fingerprint density at radius 2 is 2.35 bits per heavy atom. The highest BCUT2D eigenvalue weighted by Gasteiger charge is 2.31. The highest BCUT2D eigenvalue weighted by atomic mass is 19.1. The van der Waals surface area contributed by atoms with Crippen molar-refractivity contribution in [2.45, 2.75) is 25.5 Å². The average Bonchev–Trinajstić information content (AvgIpc) is 2.71. The second-order valence-corrected chi connectivity index (χ2v) is 4.70. The molecule has 1 aromatic carbocycles. The highest BCUT2D eigenvalue weighted by Crippen LogP contribution is 2.17. The minimum Gasteiger partial charge on any atom is -0.386 e. The van der Waals surface area contributed by atoms with E-state index in [-0.39, 0.29) is 5.82 Å². The summed E-state index contributed by atoms with van der Waals surface area (Å²) in [5, 5.41) is 13.2. The van der Waals surface area contributed by atoms with Crippen LogP contribution in [0.4, 0.5) is 4.39 Å². The number of benzene rings is 1. The van der Waals surface area contributed by atoms with Crippen molar-refractivity contribution >= 4 is 0 Å². The zero-order chi connectivity index (χ0) is 12.3. The van der Waals surface area contributed by atoms with Gasteiger partial charge in [0.1, 0.15) is 11.4 Å². The van der Waals surface area contributed by atoms with Crippen LogP contribution in [0.5, 0.6) is 0 Å². The lowest BCUT2D eigenvalue weighted by Gasteiger charge is -2.21. The second kappa shape index (κ2) is 5.12. The number of rotatable bonds is 4. The molecule has 0 spiro atoms. The minimum absolute atomic E-state index is 0.227. The average molecular weight is 239 g/mol. The molecule has 1 saturated heterocycles. The van der Waals surface area contributed by atoms with Crippen LogP contribution in [0.2, 0.25) is 0 Å². The van der Waals surface area contributed by atoms with Gasteiger partial charge in [-0.3, -0.25) is 0 Å². The van der Waals surface area contributed by atoms with E-state index in [1.165, 1.54) is 12.1 Å². The number of hydrogen-bond acceptors (Lipinski definition) is 3. The Hall–Kier alpha value is -0.970. The molecule has 1 heterocycles. The largest absolute Gasteiger partial charge is 0.386 e. The van der Waals surface area contributed by atoms with Crippen LogP contribution in [0.1, 0.15) is 17.5 Å². The molecule has 1 aromatic rings. The van der Waals surface area contributed by atoms with Crippen molar-refractivity contribution in [2.75, 3.05) is 19.8 Å². The molecule has 0 aromatic heterocycles. The van der Waals surface area contributed by atoms with Crippen molar-refractivity contribution in [3.63, 3.8) is 0 Å². The number of halogens is 1. The van der Waals surface area contributed by atoms with Gasteiger partial charge in [-0.1, -0.05) is 6.07 Å². The van der Waals surface area contributed by atoms with Crippen LogP contribution in [-0.4, -0.2) is 30.5 Å². The molecule has 0 radical (unpaired) electrons. The van der Waals surface area contributed by atoms with Gasteiger partial charge in [-0.05, 0) is 30.2 Å². The second-order valence-electron chi connectivity index (χ2n) is 4.70. The SMILES string of the molecule is Cc1ccc(F)cc1CNC[C@]1(O)CCOC1. The first-order valence-electron chi connectivity index (χ1n) is 5.85. The Morgan fingerprint density at radius 1 is 1.53 bits per heavy atom. The summed E-state index contributed by atoms with van der Waals surface area (Å²) in [6, 6.07) is 4.74.